The molecule has 1 aliphatic rings. The van der Waals surface area contributed by atoms with Crippen molar-refractivity contribution >= 4 is 17.5 Å². The lowest BCUT2D eigenvalue weighted by Crippen LogP contribution is -2.38. The average molecular weight is 410 g/mol. The topological polar surface area (TPSA) is 70.7 Å². The van der Waals surface area contributed by atoms with Crippen LogP contribution in [0, 0.1) is 5.92 Å². The number of nitrogens with one attached hydrogen (secondary N) is 2. The average Bonchev–Trinajstić information content (AvgIpc) is 2.78. The smallest absolute Gasteiger partial charge is 0.253 e. The quantitative estimate of drug-likeness (QED) is 0.698. The largest absolute Gasteiger partial charge is 0.497 e. The summed E-state index contributed by atoms with van der Waals surface area (Å²) >= 11 is 0. The molecule has 2 N–H and O–H groups in total. The Bertz CT molecular complexity index is 860. The molecule has 1 fully saturated rings. The van der Waals surface area contributed by atoms with Crippen molar-refractivity contribution in [3.8, 4) is 5.75 Å². The van der Waals surface area contributed by atoms with E-state index in [9.17, 15) is 9.59 Å². The van der Waals surface area contributed by atoms with E-state index in [1.54, 1.807) is 19.2 Å². The van der Waals surface area contributed by atoms with Crippen LogP contribution >= 0.6 is 0 Å². The standard InChI is InChI=1S/C24H31N3O3/c1-3-13-25-24(29)21-9-4-5-10-22(21)26-23(28)19-11-14-27(15-12-19)17-18-7-6-8-20(16-18)30-2/h4-10,16,19H,3,11-15,17H2,1-2H3,(H,25,29)(H,26,28). The molecule has 3 rings (SSSR count). The fourth-order valence-corrected chi connectivity index (χ4v) is 3.74. The number of amides is 2. The summed E-state index contributed by atoms with van der Waals surface area (Å²) in [6.45, 7) is 5.22. The van der Waals surface area contributed by atoms with Crippen molar-refractivity contribution in [2.45, 2.75) is 32.7 Å². The molecule has 6 heteroatoms. The first-order valence-corrected chi connectivity index (χ1v) is 10.6. The number of nitrogens with zero attached hydrogens (tertiary/aromatic N) is 1. The van der Waals surface area contributed by atoms with E-state index in [2.05, 4.69) is 27.7 Å². The number of para-hydroxylation sites is 1. The lowest BCUT2D eigenvalue weighted by molar-refractivity contribution is -0.121. The number of benzene rings is 2. The van der Waals surface area contributed by atoms with E-state index in [1.807, 2.05) is 31.2 Å². The van der Waals surface area contributed by atoms with Crippen LogP contribution in [0.3, 0.4) is 0 Å². The predicted molar refractivity (Wildman–Crippen MR) is 119 cm³/mol. The van der Waals surface area contributed by atoms with Gasteiger partial charge in [-0.25, -0.2) is 0 Å². The second-order valence-electron chi connectivity index (χ2n) is 7.69. The van der Waals surface area contributed by atoms with Crippen molar-refractivity contribution in [1.82, 2.24) is 10.2 Å². The molecular formula is C24H31N3O3. The molecule has 0 aliphatic carbocycles. The Balaban J connectivity index is 1.54. The Morgan fingerprint density at radius 1 is 1.10 bits per heavy atom. The molecule has 1 heterocycles. The number of hydrogen-bond acceptors (Lipinski definition) is 4. The minimum Gasteiger partial charge on any atom is -0.497 e. The summed E-state index contributed by atoms with van der Waals surface area (Å²) in [6, 6.07) is 15.3. The summed E-state index contributed by atoms with van der Waals surface area (Å²) in [6.07, 6.45) is 2.48. The molecule has 0 bridgehead atoms. The van der Waals surface area contributed by atoms with Gasteiger partial charge in [0.25, 0.3) is 5.91 Å². The maximum absolute atomic E-state index is 12.8. The van der Waals surface area contributed by atoms with E-state index in [0.717, 1.165) is 44.6 Å². The van der Waals surface area contributed by atoms with Crippen LogP contribution in [-0.2, 0) is 11.3 Å². The number of hydrogen-bond donors (Lipinski definition) is 2. The summed E-state index contributed by atoms with van der Waals surface area (Å²) in [7, 11) is 1.68. The third-order valence-electron chi connectivity index (χ3n) is 5.46. The van der Waals surface area contributed by atoms with E-state index in [-0.39, 0.29) is 17.7 Å². The minimum absolute atomic E-state index is 0.00762. The van der Waals surface area contributed by atoms with Gasteiger partial charge in [-0.05, 0) is 62.2 Å². The number of likely N-dealkylation sites (tertiary alicyclic amines) is 1. The molecule has 2 aromatic carbocycles. The Morgan fingerprint density at radius 2 is 1.87 bits per heavy atom. The summed E-state index contributed by atoms with van der Waals surface area (Å²) in [5.74, 6) is 0.661. The number of carbonyl (C=O) groups excluding carboxylic acids is 2. The zero-order chi connectivity index (χ0) is 21.3. The van der Waals surface area contributed by atoms with Gasteiger partial charge in [0.1, 0.15) is 5.75 Å². The van der Waals surface area contributed by atoms with Crippen LogP contribution in [0.15, 0.2) is 48.5 Å². The van der Waals surface area contributed by atoms with Crippen LogP contribution in [0.4, 0.5) is 5.69 Å². The third-order valence-corrected chi connectivity index (χ3v) is 5.46. The van der Waals surface area contributed by atoms with Crippen molar-refractivity contribution in [2.24, 2.45) is 5.92 Å². The highest BCUT2D eigenvalue weighted by Gasteiger charge is 2.26. The number of carbonyl (C=O) groups is 2. The Morgan fingerprint density at radius 3 is 2.60 bits per heavy atom. The first kappa shape index (κ1) is 21.8. The molecule has 2 aromatic rings. The summed E-state index contributed by atoms with van der Waals surface area (Å²) < 4.78 is 5.30. The zero-order valence-corrected chi connectivity index (χ0v) is 17.8. The van der Waals surface area contributed by atoms with Crippen molar-refractivity contribution < 1.29 is 14.3 Å². The predicted octanol–water partition coefficient (Wildman–Crippen LogP) is 3.69. The second kappa shape index (κ2) is 10.8. The number of anilines is 1. The molecule has 0 unspecified atom stereocenters. The van der Waals surface area contributed by atoms with Crippen LogP contribution in [0.2, 0.25) is 0 Å². The minimum atomic E-state index is -0.152. The van der Waals surface area contributed by atoms with Crippen molar-refractivity contribution in [1.29, 1.82) is 0 Å². The number of piperidine rings is 1. The molecule has 30 heavy (non-hydrogen) atoms. The van der Waals surface area contributed by atoms with Crippen LogP contribution < -0.4 is 15.4 Å². The number of rotatable bonds is 8. The van der Waals surface area contributed by atoms with E-state index >= 15 is 0 Å². The monoisotopic (exact) mass is 409 g/mol. The molecule has 1 saturated heterocycles. The molecule has 0 spiro atoms. The summed E-state index contributed by atoms with van der Waals surface area (Å²) in [5.41, 5.74) is 2.30. The van der Waals surface area contributed by atoms with Crippen LogP contribution in [0.25, 0.3) is 0 Å². The first-order valence-electron chi connectivity index (χ1n) is 10.6. The van der Waals surface area contributed by atoms with Gasteiger partial charge in [0.05, 0.1) is 18.4 Å². The summed E-state index contributed by atoms with van der Waals surface area (Å²) in [5, 5.41) is 5.86. The molecule has 0 radical (unpaired) electrons. The van der Waals surface area contributed by atoms with Gasteiger partial charge in [-0.15, -0.1) is 0 Å². The molecule has 0 saturated carbocycles. The van der Waals surface area contributed by atoms with Crippen LogP contribution in [0.5, 0.6) is 5.75 Å². The number of ether oxygens (including phenoxy) is 1. The van der Waals surface area contributed by atoms with Gasteiger partial charge in [-0.2, -0.15) is 0 Å². The molecular weight excluding hydrogens is 378 g/mol. The summed E-state index contributed by atoms with van der Waals surface area (Å²) in [4.78, 5) is 27.6. The van der Waals surface area contributed by atoms with Crippen molar-refractivity contribution in [3.05, 3.63) is 59.7 Å². The zero-order valence-electron chi connectivity index (χ0n) is 17.8. The van der Waals surface area contributed by atoms with Gasteiger partial charge in [-0.3, -0.25) is 14.5 Å². The van der Waals surface area contributed by atoms with Gasteiger partial charge in [0.2, 0.25) is 5.91 Å². The number of methoxy groups -OCH3 is 1. The second-order valence-corrected chi connectivity index (χ2v) is 7.69. The van der Waals surface area contributed by atoms with Gasteiger partial charge in [-0.1, -0.05) is 31.2 Å². The molecule has 0 atom stereocenters. The SMILES string of the molecule is CCCNC(=O)c1ccccc1NC(=O)C1CCN(Cc2cccc(OC)c2)CC1. The van der Waals surface area contributed by atoms with Crippen molar-refractivity contribution in [2.75, 3.05) is 32.1 Å². The normalized spacial score (nSPS) is 14.9. The lowest BCUT2D eigenvalue weighted by Gasteiger charge is -2.31. The fourth-order valence-electron chi connectivity index (χ4n) is 3.74. The van der Waals surface area contributed by atoms with E-state index in [0.29, 0.717) is 17.8 Å². The highest BCUT2D eigenvalue weighted by molar-refractivity contribution is 6.04. The highest BCUT2D eigenvalue weighted by atomic mass is 16.5. The Labute approximate surface area is 178 Å². The van der Waals surface area contributed by atoms with Gasteiger partial charge >= 0.3 is 0 Å². The molecule has 160 valence electrons. The van der Waals surface area contributed by atoms with E-state index < -0.39 is 0 Å². The molecule has 6 nitrogen and oxygen atoms in total. The molecule has 2 amide bonds. The Kier molecular flexibility index (Phi) is 7.85. The van der Waals surface area contributed by atoms with Crippen LogP contribution in [0.1, 0.15) is 42.1 Å². The fraction of sp³-hybridized carbons (Fsp3) is 0.417. The van der Waals surface area contributed by atoms with Crippen molar-refractivity contribution in [3.63, 3.8) is 0 Å². The maximum atomic E-state index is 12.8. The molecule has 0 aromatic heterocycles. The third kappa shape index (κ3) is 5.83. The van der Waals surface area contributed by atoms with Gasteiger partial charge < -0.3 is 15.4 Å². The van der Waals surface area contributed by atoms with Gasteiger partial charge in [0.15, 0.2) is 0 Å². The highest BCUT2D eigenvalue weighted by Crippen LogP contribution is 2.23. The molecule has 1 aliphatic heterocycles. The lowest BCUT2D eigenvalue weighted by atomic mass is 9.95. The maximum Gasteiger partial charge on any atom is 0.253 e. The first-order chi connectivity index (χ1) is 14.6. The van der Waals surface area contributed by atoms with E-state index in [4.69, 9.17) is 4.74 Å². The Hall–Kier alpha value is -2.86. The van der Waals surface area contributed by atoms with Crippen LogP contribution in [-0.4, -0.2) is 43.5 Å². The van der Waals surface area contributed by atoms with Gasteiger partial charge in [0, 0.05) is 19.0 Å². The van der Waals surface area contributed by atoms with E-state index in [1.165, 1.54) is 5.56 Å².